The highest BCUT2D eigenvalue weighted by molar-refractivity contribution is 9.10. The van der Waals surface area contributed by atoms with Crippen LogP contribution in [0.5, 0.6) is 0 Å². The molecule has 18 heavy (non-hydrogen) atoms. The Hall–Kier alpha value is -0.650. The van der Waals surface area contributed by atoms with E-state index in [0.717, 1.165) is 16.5 Å². The first-order valence-corrected chi connectivity index (χ1v) is 7.64. The van der Waals surface area contributed by atoms with E-state index in [9.17, 15) is 4.79 Å². The van der Waals surface area contributed by atoms with Gasteiger partial charge in [0.05, 0.1) is 4.91 Å². The van der Waals surface area contributed by atoms with Gasteiger partial charge in [0.1, 0.15) is 4.32 Å². The average molecular weight is 342 g/mol. The third-order valence-corrected chi connectivity index (χ3v) is 4.34. The maximum absolute atomic E-state index is 12.1. The van der Waals surface area contributed by atoms with Crippen LogP contribution in [0.25, 0.3) is 6.08 Å². The highest BCUT2D eigenvalue weighted by atomic mass is 79.9. The molecule has 0 saturated carbocycles. The fourth-order valence-electron chi connectivity index (χ4n) is 1.66. The van der Waals surface area contributed by atoms with Crippen molar-refractivity contribution in [1.29, 1.82) is 0 Å². The first-order valence-electron chi connectivity index (χ1n) is 5.62. The average Bonchev–Trinajstić information content (AvgIpc) is 2.57. The van der Waals surface area contributed by atoms with E-state index in [1.807, 2.05) is 37.3 Å². The summed E-state index contributed by atoms with van der Waals surface area (Å²) in [6.45, 7) is 2.73. The Labute approximate surface area is 125 Å². The Kier molecular flexibility index (Phi) is 4.59. The number of halogens is 1. The summed E-state index contributed by atoms with van der Waals surface area (Å²) in [7, 11) is 0. The van der Waals surface area contributed by atoms with Crippen molar-refractivity contribution >= 4 is 56.2 Å². The van der Waals surface area contributed by atoms with Crippen LogP contribution in [0.3, 0.4) is 0 Å². The van der Waals surface area contributed by atoms with Gasteiger partial charge in [-0.1, -0.05) is 59.0 Å². The lowest BCUT2D eigenvalue weighted by Gasteiger charge is -2.11. The van der Waals surface area contributed by atoms with Crippen LogP contribution >= 0.6 is 39.9 Å². The molecule has 0 aliphatic carbocycles. The predicted octanol–water partition coefficient (Wildman–Crippen LogP) is 4.06. The summed E-state index contributed by atoms with van der Waals surface area (Å²) in [4.78, 5) is 14.5. The number of rotatable bonds is 3. The molecule has 0 bridgehead atoms. The van der Waals surface area contributed by atoms with Crippen molar-refractivity contribution in [2.75, 3.05) is 6.54 Å². The van der Waals surface area contributed by atoms with E-state index in [0.29, 0.717) is 15.8 Å². The highest BCUT2D eigenvalue weighted by Crippen LogP contribution is 2.32. The molecule has 1 aromatic carbocycles. The quantitative estimate of drug-likeness (QED) is 0.610. The lowest BCUT2D eigenvalue weighted by molar-refractivity contribution is -0.122. The number of carbonyl (C=O) groups is 1. The molecule has 1 fully saturated rings. The summed E-state index contributed by atoms with van der Waals surface area (Å²) in [5, 5.41) is 0. The molecule has 2 nitrogen and oxygen atoms in total. The van der Waals surface area contributed by atoms with Crippen molar-refractivity contribution in [3.63, 3.8) is 0 Å². The molecule has 0 radical (unpaired) electrons. The van der Waals surface area contributed by atoms with E-state index in [1.165, 1.54) is 11.8 Å². The second-order valence-corrected chi connectivity index (χ2v) is 6.48. The van der Waals surface area contributed by atoms with Crippen molar-refractivity contribution in [2.45, 2.75) is 13.3 Å². The summed E-state index contributed by atoms with van der Waals surface area (Å²) in [5.41, 5.74) is 1.00. The zero-order chi connectivity index (χ0) is 13.1. The molecule has 0 N–H and O–H groups in total. The van der Waals surface area contributed by atoms with Crippen LogP contribution < -0.4 is 0 Å². The summed E-state index contributed by atoms with van der Waals surface area (Å²) < 4.78 is 1.66. The number of thioether (sulfide) groups is 1. The van der Waals surface area contributed by atoms with E-state index in [2.05, 4.69) is 15.9 Å². The van der Waals surface area contributed by atoms with Gasteiger partial charge in [-0.25, -0.2) is 0 Å². The van der Waals surface area contributed by atoms with Gasteiger partial charge < -0.3 is 0 Å². The van der Waals surface area contributed by atoms with Gasteiger partial charge in [-0.05, 0) is 30.2 Å². The fourth-order valence-corrected chi connectivity index (χ4v) is 3.39. The smallest absolute Gasteiger partial charge is 0.266 e. The summed E-state index contributed by atoms with van der Waals surface area (Å²) in [6, 6.07) is 7.85. The number of benzene rings is 1. The van der Waals surface area contributed by atoms with Gasteiger partial charge in [0, 0.05) is 11.0 Å². The van der Waals surface area contributed by atoms with E-state index >= 15 is 0 Å². The van der Waals surface area contributed by atoms with Crippen LogP contribution in [0.2, 0.25) is 0 Å². The Balaban J connectivity index is 2.25. The molecule has 0 aromatic heterocycles. The molecule has 1 saturated heterocycles. The molecule has 2 rings (SSSR count). The summed E-state index contributed by atoms with van der Waals surface area (Å²) in [6.07, 6.45) is 2.80. The Morgan fingerprint density at radius 2 is 2.28 bits per heavy atom. The molecule has 1 amide bonds. The number of hydrogen-bond acceptors (Lipinski definition) is 3. The third kappa shape index (κ3) is 3.02. The highest BCUT2D eigenvalue weighted by Gasteiger charge is 2.30. The summed E-state index contributed by atoms with van der Waals surface area (Å²) in [5.74, 6) is 0.0202. The van der Waals surface area contributed by atoms with Crippen LogP contribution in [0.1, 0.15) is 18.9 Å². The van der Waals surface area contributed by atoms with E-state index in [-0.39, 0.29) is 5.91 Å². The molecule has 1 aliphatic rings. The van der Waals surface area contributed by atoms with Gasteiger partial charge in [-0.3, -0.25) is 9.69 Å². The minimum atomic E-state index is 0.0202. The van der Waals surface area contributed by atoms with Crippen molar-refractivity contribution in [3.8, 4) is 0 Å². The molecule has 1 aliphatic heterocycles. The van der Waals surface area contributed by atoms with E-state index < -0.39 is 0 Å². The lowest BCUT2D eigenvalue weighted by atomic mass is 10.2. The number of thiocarbonyl (C=S) groups is 1. The first kappa shape index (κ1) is 13.8. The number of amides is 1. The van der Waals surface area contributed by atoms with Crippen LogP contribution in [0, 0.1) is 0 Å². The zero-order valence-electron chi connectivity index (χ0n) is 9.85. The van der Waals surface area contributed by atoms with Gasteiger partial charge in [0.2, 0.25) is 0 Å². The lowest BCUT2D eigenvalue weighted by Crippen LogP contribution is -2.28. The molecule has 5 heteroatoms. The Bertz CT molecular complexity index is 527. The standard InChI is InChI=1S/C13H12BrNOS2/c1-2-6-15-12(16)11(18-13(15)17)8-9-4-3-5-10(14)7-9/h3-5,7-8H,2,6H2,1H3. The van der Waals surface area contributed by atoms with Gasteiger partial charge >= 0.3 is 0 Å². The third-order valence-electron chi connectivity index (χ3n) is 2.47. The van der Waals surface area contributed by atoms with Gasteiger partial charge in [0.15, 0.2) is 0 Å². The van der Waals surface area contributed by atoms with Crippen molar-refractivity contribution in [3.05, 3.63) is 39.2 Å². The number of hydrogen-bond donors (Lipinski definition) is 0. The topological polar surface area (TPSA) is 20.3 Å². The SMILES string of the molecule is CCCN1C(=O)C(=Cc2cccc(Br)c2)SC1=S. The van der Waals surface area contributed by atoms with Crippen molar-refractivity contribution < 1.29 is 4.79 Å². The second-order valence-electron chi connectivity index (χ2n) is 3.89. The van der Waals surface area contributed by atoms with E-state index in [1.54, 1.807) is 4.90 Å². The Morgan fingerprint density at radius 3 is 2.94 bits per heavy atom. The maximum Gasteiger partial charge on any atom is 0.266 e. The van der Waals surface area contributed by atoms with Crippen LogP contribution in [0.4, 0.5) is 0 Å². The van der Waals surface area contributed by atoms with Crippen LogP contribution in [-0.2, 0) is 4.79 Å². The predicted molar refractivity (Wildman–Crippen MR) is 84.3 cm³/mol. The van der Waals surface area contributed by atoms with Crippen LogP contribution in [0.15, 0.2) is 33.6 Å². The minimum Gasteiger partial charge on any atom is -0.293 e. The van der Waals surface area contributed by atoms with E-state index in [4.69, 9.17) is 12.2 Å². The molecule has 0 spiro atoms. The molecule has 1 aromatic rings. The first-order chi connectivity index (χ1) is 8.61. The monoisotopic (exact) mass is 341 g/mol. The maximum atomic E-state index is 12.1. The number of nitrogens with zero attached hydrogens (tertiary/aromatic N) is 1. The summed E-state index contributed by atoms with van der Waals surface area (Å²) >= 11 is 10.0. The molecule has 1 heterocycles. The van der Waals surface area contributed by atoms with Crippen molar-refractivity contribution in [2.24, 2.45) is 0 Å². The second kappa shape index (κ2) is 5.99. The van der Waals surface area contributed by atoms with Crippen LogP contribution in [-0.4, -0.2) is 21.7 Å². The normalized spacial score (nSPS) is 17.9. The molecule has 94 valence electrons. The largest absolute Gasteiger partial charge is 0.293 e. The number of carbonyl (C=O) groups excluding carboxylic acids is 1. The molecular formula is C13H12BrNOS2. The fraction of sp³-hybridized carbons (Fsp3) is 0.231. The van der Waals surface area contributed by atoms with Gasteiger partial charge in [-0.15, -0.1) is 0 Å². The zero-order valence-corrected chi connectivity index (χ0v) is 13.1. The van der Waals surface area contributed by atoms with Crippen molar-refractivity contribution in [1.82, 2.24) is 4.90 Å². The molecule has 0 atom stereocenters. The van der Waals surface area contributed by atoms with Gasteiger partial charge in [0.25, 0.3) is 5.91 Å². The molecule has 0 unspecified atom stereocenters. The Morgan fingerprint density at radius 1 is 1.50 bits per heavy atom. The molecular weight excluding hydrogens is 330 g/mol. The minimum absolute atomic E-state index is 0.0202. The van der Waals surface area contributed by atoms with Gasteiger partial charge in [-0.2, -0.15) is 0 Å².